The van der Waals surface area contributed by atoms with Crippen LogP contribution in [0.4, 0.5) is 5.13 Å². The number of benzene rings is 2. The van der Waals surface area contributed by atoms with Crippen LogP contribution < -0.4 is 14.8 Å². The molecule has 1 N–H and O–H groups in total. The molecule has 182 valence electrons. The molecule has 0 unspecified atom stereocenters. The maximum Gasteiger partial charge on any atom is 0.259 e. The first-order chi connectivity index (χ1) is 17.4. The number of halogens is 1. The van der Waals surface area contributed by atoms with Crippen molar-refractivity contribution < 1.29 is 14.3 Å². The van der Waals surface area contributed by atoms with Crippen LogP contribution in [0.3, 0.4) is 0 Å². The standard InChI is InChI=1S/C26H22ClN5O3S/c1-15-10-19(20-12-22-16(8-9-32(22)2)11-23(20)34-3)21(13-28-15)25(33)29-26-31-30-24(36-26)14-35-18-6-4-17(27)5-7-18/h4-13H,14H2,1-3H3,(H,29,31,33). The van der Waals surface area contributed by atoms with Crippen molar-refractivity contribution in [3.05, 3.63) is 82.2 Å². The topological polar surface area (TPSA) is 91.2 Å². The van der Waals surface area contributed by atoms with Gasteiger partial charge < -0.3 is 14.0 Å². The fourth-order valence-corrected chi connectivity index (χ4v) is 4.62. The average molecular weight is 520 g/mol. The summed E-state index contributed by atoms with van der Waals surface area (Å²) in [5.74, 6) is 0.999. The van der Waals surface area contributed by atoms with Crippen LogP contribution in [0.5, 0.6) is 11.5 Å². The molecule has 0 saturated heterocycles. The quantitative estimate of drug-likeness (QED) is 0.288. The molecule has 5 rings (SSSR count). The number of hydrogen-bond donors (Lipinski definition) is 1. The van der Waals surface area contributed by atoms with Gasteiger partial charge in [-0.15, -0.1) is 10.2 Å². The second kappa shape index (κ2) is 9.96. The van der Waals surface area contributed by atoms with E-state index in [4.69, 9.17) is 21.1 Å². The first-order valence-electron chi connectivity index (χ1n) is 11.0. The van der Waals surface area contributed by atoms with Crippen LogP contribution in [-0.4, -0.2) is 32.8 Å². The van der Waals surface area contributed by atoms with Crippen LogP contribution >= 0.6 is 22.9 Å². The number of aromatic nitrogens is 4. The zero-order valence-electron chi connectivity index (χ0n) is 19.8. The molecule has 3 heterocycles. The van der Waals surface area contributed by atoms with E-state index >= 15 is 0 Å². The summed E-state index contributed by atoms with van der Waals surface area (Å²) < 4.78 is 13.4. The minimum Gasteiger partial charge on any atom is -0.496 e. The molecular formula is C26H22ClN5O3S. The van der Waals surface area contributed by atoms with Crippen LogP contribution in [-0.2, 0) is 13.7 Å². The van der Waals surface area contributed by atoms with Crippen molar-refractivity contribution in [1.29, 1.82) is 0 Å². The van der Waals surface area contributed by atoms with Gasteiger partial charge in [0.05, 0.1) is 12.7 Å². The lowest BCUT2D eigenvalue weighted by molar-refractivity contribution is 0.102. The van der Waals surface area contributed by atoms with E-state index in [1.807, 2.05) is 49.0 Å². The Hall–Kier alpha value is -3.95. The SMILES string of the molecule is COc1cc2ccn(C)c2cc1-c1cc(C)ncc1C(=O)Nc1nnc(COc2ccc(Cl)cc2)s1. The molecule has 8 nitrogen and oxygen atoms in total. The fourth-order valence-electron chi connectivity index (χ4n) is 3.84. The van der Waals surface area contributed by atoms with Crippen LogP contribution in [0.25, 0.3) is 22.0 Å². The summed E-state index contributed by atoms with van der Waals surface area (Å²) in [6.45, 7) is 2.11. The first-order valence-corrected chi connectivity index (χ1v) is 12.2. The molecule has 0 bridgehead atoms. The normalized spacial score (nSPS) is 11.0. The number of carbonyl (C=O) groups is 1. The van der Waals surface area contributed by atoms with Gasteiger partial charge in [0.15, 0.2) is 5.01 Å². The predicted octanol–water partition coefficient (Wildman–Crippen LogP) is 5.89. The maximum atomic E-state index is 13.3. The van der Waals surface area contributed by atoms with E-state index in [0.717, 1.165) is 27.7 Å². The summed E-state index contributed by atoms with van der Waals surface area (Å²) in [5.41, 5.74) is 3.74. The molecule has 0 fully saturated rings. The highest BCUT2D eigenvalue weighted by Gasteiger charge is 2.20. The molecule has 10 heteroatoms. The highest BCUT2D eigenvalue weighted by molar-refractivity contribution is 7.15. The second-order valence-electron chi connectivity index (χ2n) is 8.11. The van der Waals surface area contributed by atoms with Gasteiger partial charge >= 0.3 is 0 Å². The zero-order valence-corrected chi connectivity index (χ0v) is 21.4. The van der Waals surface area contributed by atoms with Crippen molar-refractivity contribution >= 4 is 44.9 Å². The molecule has 0 atom stereocenters. The highest BCUT2D eigenvalue weighted by atomic mass is 35.5. The van der Waals surface area contributed by atoms with Crippen LogP contribution in [0.2, 0.25) is 5.02 Å². The number of amides is 1. The number of fused-ring (bicyclic) bond motifs is 1. The number of aryl methyl sites for hydroxylation is 2. The van der Waals surface area contributed by atoms with Gasteiger partial charge in [0.25, 0.3) is 5.91 Å². The van der Waals surface area contributed by atoms with Gasteiger partial charge in [-0.3, -0.25) is 15.1 Å². The summed E-state index contributed by atoms with van der Waals surface area (Å²) >= 11 is 7.15. The molecule has 2 aromatic carbocycles. The van der Waals surface area contributed by atoms with E-state index < -0.39 is 0 Å². The van der Waals surface area contributed by atoms with Crippen LogP contribution in [0.1, 0.15) is 21.1 Å². The van der Waals surface area contributed by atoms with E-state index in [1.165, 1.54) is 11.3 Å². The van der Waals surface area contributed by atoms with E-state index in [0.29, 0.717) is 32.2 Å². The van der Waals surface area contributed by atoms with Gasteiger partial charge in [0, 0.05) is 52.2 Å². The fraction of sp³-hybridized carbons (Fsp3) is 0.154. The van der Waals surface area contributed by atoms with Gasteiger partial charge in [0.1, 0.15) is 18.1 Å². The molecule has 5 aromatic rings. The summed E-state index contributed by atoms with van der Waals surface area (Å²) in [6, 6.07) is 15.0. The van der Waals surface area contributed by atoms with Gasteiger partial charge in [-0.2, -0.15) is 0 Å². The Morgan fingerprint density at radius 1 is 1.11 bits per heavy atom. The number of pyridine rings is 1. The number of nitrogens with one attached hydrogen (secondary N) is 1. The molecule has 1 amide bonds. The summed E-state index contributed by atoms with van der Waals surface area (Å²) in [7, 11) is 3.60. The number of anilines is 1. The maximum absolute atomic E-state index is 13.3. The number of ether oxygens (including phenoxy) is 2. The summed E-state index contributed by atoms with van der Waals surface area (Å²) in [5, 5.41) is 13.7. The van der Waals surface area contributed by atoms with Crippen molar-refractivity contribution in [2.24, 2.45) is 7.05 Å². The Morgan fingerprint density at radius 2 is 1.92 bits per heavy atom. The zero-order chi connectivity index (χ0) is 25.2. The van der Waals surface area contributed by atoms with E-state index in [9.17, 15) is 4.79 Å². The van der Waals surface area contributed by atoms with Crippen LogP contribution in [0.15, 0.2) is 60.9 Å². The number of carbonyl (C=O) groups excluding carboxylic acids is 1. The van der Waals surface area contributed by atoms with Crippen molar-refractivity contribution in [2.75, 3.05) is 12.4 Å². The summed E-state index contributed by atoms with van der Waals surface area (Å²) in [4.78, 5) is 17.7. The summed E-state index contributed by atoms with van der Waals surface area (Å²) in [6.07, 6.45) is 3.56. The molecule has 0 radical (unpaired) electrons. The lowest BCUT2D eigenvalue weighted by Crippen LogP contribution is -2.14. The first kappa shape index (κ1) is 23.8. The number of rotatable bonds is 7. The van der Waals surface area contributed by atoms with Crippen molar-refractivity contribution in [2.45, 2.75) is 13.5 Å². The minimum atomic E-state index is -0.340. The van der Waals surface area contributed by atoms with Gasteiger partial charge in [-0.25, -0.2) is 0 Å². The van der Waals surface area contributed by atoms with Gasteiger partial charge in [-0.1, -0.05) is 22.9 Å². The molecular weight excluding hydrogens is 498 g/mol. The largest absolute Gasteiger partial charge is 0.496 e. The molecule has 0 aliphatic carbocycles. The third-order valence-electron chi connectivity index (χ3n) is 5.65. The van der Waals surface area contributed by atoms with Gasteiger partial charge in [-0.05, 0) is 55.5 Å². The van der Waals surface area contributed by atoms with E-state index in [-0.39, 0.29) is 12.5 Å². The Kier molecular flexibility index (Phi) is 6.58. The predicted molar refractivity (Wildman–Crippen MR) is 141 cm³/mol. The Morgan fingerprint density at radius 3 is 2.69 bits per heavy atom. The third kappa shape index (κ3) is 4.89. The van der Waals surface area contributed by atoms with E-state index in [1.54, 1.807) is 37.6 Å². The molecule has 0 spiro atoms. The van der Waals surface area contributed by atoms with Crippen molar-refractivity contribution in [3.8, 4) is 22.6 Å². The van der Waals surface area contributed by atoms with Crippen molar-refractivity contribution in [1.82, 2.24) is 19.7 Å². The van der Waals surface area contributed by atoms with Crippen LogP contribution in [0, 0.1) is 6.92 Å². The monoisotopic (exact) mass is 519 g/mol. The highest BCUT2D eigenvalue weighted by Crippen LogP contribution is 2.37. The smallest absolute Gasteiger partial charge is 0.259 e. The van der Waals surface area contributed by atoms with E-state index in [2.05, 4.69) is 20.5 Å². The Bertz CT molecular complexity index is 1560. The molecule has 0 aliphatic rings. The molecule has 36 heavy (non-hydrogen) atoms. The van der Waals surface area contributed by atoms with Crippen molar-refractivity contribution in [3.63, 3.8) is 0 Å². The number of methoxy groups -OCH3 is 1. The third-order valence-corrected chi connectivity index (χ3v) is 6.71. The lowest BCUT2D eigenvalue weighted by Gasteiger charge is -2.14. The Labute approximate surface area is 216 Å². The average Bonchev–Trinajstić information content (AvgIpc) is 3.48. The molecule has 0 aliphatic heterocycles. The lowest BCUT2D eigenvalue weighted by atomic mass is 9.98. The Balaban J connectivity index is 1.40. The number of nitrogens with zero attached hydrogens (tertiary/aromatic N) is 4. The second-order valence-corrected chi connectivity index (χ2v) is 9.61. The van der Waals surface area contributed by atoms with Gasteiger partial charge in [0.2, 0.25) is 5.13 Å². The minimum absolute atomic E-state index is 0.223. The molecule has 0 saturated carbocycles. The number of hydrogen-bond acceptors (Lipinski definition) is 7. The molecule has 3 aromatic heterocycles.